The van der Waals surface area contributed by atoms with Crippen molar-refractivity contribution in [3.05, 3.63) is 98.1 Å². The third-order valence-electron chi connectivity index (χ3n) is 4.01. The molecular formula is C24H18O4. The molecule has 0 aliphatic heterocycles. The fourth-order valence-corrected chi connectivity index (χ4v) is 2.62. The van der Waals surface area contributed by atoms with Gasteiger partial charge in [-0.25, -0.2) is 9.59 Å². The summed E-state index contributed by atoms with van der Waals surface area (Å²) in [5.74, 6) is -0.0437. The summed E-state index contributed by atoms with van der Waals surface area (Å²) in [4.78, 5) is 22.5. The van der Waals surface area contributed by atoms with Gasteiger partial charge in [-0.2, -0.15) is 0 Å². The summed E-state index contributed by atoms with van der Waals surface area (Å²) in [6, 6.07) is 22.6. The van der Waals surface area contributed by atoms with Crippen LogP contribution in [0.5, 0.6) is 11.5 Å². The molecule has 138 valence electrons. The maximum Gasteiger partial charge on any atom is 0.335 e. The number of hydrogen-bond acceptors (Lipinski definition) is 4. The summed E-state index contributed by atoms with van der Waals surface area (Å²) in [5.41, 5.74) is 4.05. The Hall–Kier alpha value is -3.92. The summed E-state index contributed by atoms with van der Waals surface area (Å²) in [7, 11) is 0. The van der Waals surface area contributed by atoms with Gasteiger partial charge in [0.05, 0.1) is 0 Å². The van der Waals surface area contributed by atoms with Crippen molar-refractivity contribution in [2.75, 3.05) is 0 Å². The number of esters is 2. The van der Waals surface area contributed by atoms with Gasteiger partial charge in [0.25, 0.3) is 0 Å². The van der Waals surface area contributed by atoms with Crippen LogP contribution in [0, 0.1) is 0 Å². The first-order valence-corrected chi connectivity index (χ1v) is 8.58. The largest absolute Gasteiger partial charge is 0.423 e. The van der Waals surface area contributed by atoms with E-state index < -0.39 is 11.9 Å². The minimum atomic E-state index is -0.489. The normalized spacial score (nSPS) is 10.0. The summed E-state index contributed by atoms with van der Waals surface area (Å²) < 4.78 is 10.2. The van der Waals surface area contributed by atoms with Gasteiger partial charge >= 0.3 is 11.9 Å². The highest BCUT2D eigenvalue weighted by Gasteiger charge is 2.05. The third kappa shape index (κ3) is 4.62. The molecule has 0 saturated carbocycles. The van der Waals surface area contributed by atoms with Crippen molar-refractivity contribution < 1.29 is 19.1 Å². The van der Waals surface area contributed by atoms with Crippen LogP contribution in [-0.4, -0.2) is 11.9 Å². The van der Waals surface area contributed by atoms with E-state index in [0.29, 0.717) is 11.5 Å². The zero-order chi connectivity index (χ0) is 19.9. The van der Waals surface area contributed by atoms with E-state index in [1.807, 2.05) is 42.5 Å². The lowest BCUT2D eigenvalue weighted by Gasteiger charge is -2.08. The van der Waals surface area contributed by atoms with Gasteiger partial charge in [-0.15, -0.1) is 0 Å². The van der Waals surface area contributed by atoms with Crippen LogP contribution < -0.4 is 9.47 Å². The number of carbonyl (C=O) groups excluding carboxylic acids is 2. The second-order valence-electron chi connectivity index (χ2n) is 5.88. The summed E-state index contributed by atoms with van der Waals surface area (Å²) in [5, 5.41) is 0. The van der Waals surface area contributed by atoms with Crippen LogP contribution >= 0.6 is 0 Å². The highest BCUT2D eigenvalue weighted by Crippen LogP contribution is 2.28. The quantitative estimate of drug-likeness (QED) is 0.340. The SMILES string of the molecule is C=CC(=O)Oc1ccc(-c2cccc(-c3ccc(OC(=O)C=C)cc3)c2)cc1. The molecule has 0 radical (unpaired) electrons. The van der Waals surface area contributed by atoms with Crippen molar-refractivity contribution in [1.29, 1.82) is 0 Å². The minimum Gasteiger partial charge on any atom is -0.423 e. The smallest absolute Gasteiger partial charge is 0.335 e. The predicted molar refractivity (Wildman–Crippen MR) is 109 cm³/mol. The second kappa shape index (κ2) is 8.64. The van der Waals surface area contributed by atoms with Crippen LogP contribution in [0.2, 0.25) is 0 Å². The number of hydrogen-bond donors (Lipinski definition) is 0. The summed E-state index contributed by atoms with van der Waals surface area (Å²) in [6.07, 6.45) is 2.25. The Kier molecular flexibility index (Phi) is 5.82. The van der Waals surface area contributed by atoms with Gasteiger partial charge in [-0.05, 0) is 52.6 Å². The highest BCUT2D eigenvalue weighted by molar-refractivity contribution is 5.84. The average molecular weight is 370 g/mol. The maximum absolute atomic E-state index is 11.3. The van der Waals surface area contributed by atoms with Crippen molar-refractivity contribution in [1.82, 2.24) is 0 Å². The fraction of sp³-hybridized carbons (Fsp3) is 0. The van der Waals surface area contributed by atoms with Gasteiger partial charge in [-0.3, -0.25) is 0 Å². The third-order valence-corrected chi connectivity index (χ3v) is 4.01. The molecule has 3 aromatic carbocycles. The van der Waals surface area contributed by atoms with E-state index in [-0.39, 0.29) is 0 Å². The Labute approximate surface area is 163 Å². The molecule has 0 heterocycles. The van der Waals surface area contributed by atoms with Gasteiger partial charge in [0.1, 0.15) is 11.5 Å². The molecule has 0 atom stereocenters. The lowest BCUT2D eigenvalue weighted by molar-refractivity contribution is -0.129. The number of rotatable bonds is 6. The molecule has 4 nitrogen and oxygen atoms in total. The molecule has 0 amide bonds. The Morgan fingerprint density at radius 2 is 1.00 bits per heavy atom. The molecule has 0 unspecified atom stereocenters. The van der Waals surface area contributed by atoms with Crippen molar-refractivity contribution in [2.24, 2.45) is 0 Å². The van der Waals surface area contributed by atoms with Crippen molar-refractivity contribution in [2.45, 2.75) is 0 Å². The first-order chi connectivity index (χ1) is 13.6. The van der Waals surface area contributed by atoms with Gasteiger partial charge in [-0.1, -0.05) is 55.6 Å². The molecule has 0 spiro atoms. The summed E-state index contributed by atoms with van der Waals surface area (Å²) in [6.45, 7) is 6.76. The van der Waals surface area contributed by atoms with E-state index in [9.17, 15) is 9.59 Å². The zero-order valence-corrected chi connectivity index (χ0v) is 15.1. The van der Waals surface area contributed by atoms with E-state index in [2.05, 4.69) is 19.2 Å². The molecule has 3 rings (SSSR count). The standard InChI is InChI=1S/C24H18O4/c1-3-23(25)27-21-12-8-17(9-13-21)19-6-5-7-20(16-19)18-10-14-22(15-11-18)28-24(26)4-2/h3-16H,1-2H2. The highest BCUT2D eigenvalue weighted by atomic mass is 16.5. The van der Waals surface area contributed by atoms with Crippen LogP contribution in [0.15, 0.2) is 98.1 Å². The van der Waals surface area contributed by atoms with Crippen LogP contribution in [0.1, 0.15) is 0 Å². The lowest BCUT2D eigenvalue weighted by atomic mass is 9.99. The monoisotopic (exact) mass is 370 g/mol. The lowest BCUT2D eigenvalue weighted by Crippen LogP contribution is -2.02. The molecule has 0 aromatic heterocycles. The molecule has 0 aliphatic carbocycles. The van der Waals surface area contributed by atoms with Gasteiger partial charge in [0, 0.05) is 12.2 Å². The maximum atomic E-state index is 11.3. The van der Waals surface area contributed by atoms with E-state index in [0.717, 1.165) is 34.4 Å². The van der Waals surface area contributed by atoms with Crippen molar-refractivity contribution in [3.8, 4) is 33.8 Å². The van der Waals surface area contributed by atoms with Crippen molar-refractivity contribution >= 4 is 11.9 Å². The Morgan fingerprint density at radius 1 is 0.607 bits per heavy atom. The van der Waals surface area contributed by atoms with E-state index in [1.54, 1.807) is 24.3 Å². The molecule has 0 N–H and O–H groups in total. The Balaban J connectivity index is 1.80. The number of benzene rings is 3. The molecule has 4 heteroatoms. The van der Waals surface area contributed by atoms with E-state index >= 15 is 0 Å². The average Bonchev–Trinajstić information content (AvgIpc) is 2.74. The fourth-order valence-electron chi connectivity index (χ4n) is 2.62. The van der Waals surface area contributed by atoms with Gasteiger partial charge < -0.3 is 9.47 Å². The van der Waals surface area contributed by atoms with Crippen LogP contribution in [0.4, 0.5) is 0 Å². The molecule has 0 fully saturated rings. The van der Waals surface area contributed by atoms with E-state index in [1.165, 1.54) is 0 Å². The number of ether oxygens (including phenoxy) is 2. The van der Waals surface area contributed by atoms with E-state index in [4.69, 9.17) is 9.47 Å². The number of carbonyl (C=O) groups is 2. The molecule has 3 aromatic rings. The second-order valence-corrected chi connectivity index (χ2v) is 5.88. The topological polar surface area (TPSA) is 52.6 Å². The van der Waals surface area contributed by atoms with Gasteiger partial charge in [0.2, 0.25) is 0 Å². The summed E-state index contributed by atoms with van der Waals surface area (Å²) >= 11 is 0. The van der Waals surface area contributed by atoms with Crippen LogP contribution in [-0.2, 0) is 9.59 Å². The first-order valence-electron chi connectivity index (χ1n) is 8.58. The zero-order valence-electron chi connectivity index (χ0n) is 15.1. The first kappa shape index (κ1) is 18.9. The Morgan fingerprint density at radius 3 is 1.36 bits per heavy atom. The molecule has 28 heavy (non-hydrogen) atoms. The predicted octanol–water partition coefficient (Wildman–Crippen LogP) is 5.20. The minimum absolute atomic E-state index is 0.467. The Bertz CT molecular complexity index is 934. The van der Waals surface area contributed by atoms with Gasteiger partial charge in [0.15, 0.2) is 0 Å². The molecular weight excluding hydrogens is 352 g/mol. The molecule has 0 bridgehead atoms. The molecule has 0 aliphatic rings. The van der Waals surface area contributed by atoms with Crippen LogP contribution in [0.3, 0.4) is 0 Å². The van der Waals surface area contributed by atoms with Crippen LogP contribution in [0.25, 0.3) is 22.3 Å². The van der Waals surface area contributed by atoms with Crippen molar-refractivity contribution in [3.63, 3.8) is 0 Å². The molecule has 0 saturated heterocycles.